The Kier molecular flexibility index (Phi) is 7.05. The molecule has 0 spiro atoms. The minimum atomic E-state index is -0.801. The number of carboxylic acid groups (broad SMARTS) is 1. The Bertz CT molecular complexity index is 1160. The summed E-state index contributed by atoms with van der Waals surface area (Å²) in [5.41, 5.74) is 4.66. The normalized spacial score (nSPS) is 14.4. The van der Waals surface area contributed by atoms with E-state index in [0.717, 1.165) is 39.7 Å². The van der Waals surface area contributed by atoms with Gasteiger partial charge in [-0.05, 0) is 24.1 Å². The van der Waals surface area contributed by atoms with E-state index in [2.05, 4.69) is 38.7 Å². The molecule has 1 fully saturated rings. The van der Waals surface area contributed by atoms with Crippen LogP contribution in [-0.4, -0.2) is 70.2 Å². The van der Waals surface area contributed by atoms with Crippen LogP contribution >= 0.6 is 11.6 Å². The first-order valence-electron chi connectivity index (χ1n) is 10.9. The van der Waals surface area contributed by atoms with Crippen molar-refractivity contribution in [3.05, 3.63) is 54.0 Å². The van der Waals surface area contributed by atoms with E-state index in [4.69, 9.17) is 16.7 Å². The van der Waals surface area contributed by atoms with E-state index in [9.17, 15) is 4.79 Å². The summed E-state index contributed by atoms with van der Waals surface area (Å²) in [6.45, 7) is 9.60. The molecule has 0 radical (unpaired) electrons. The van der Waals surface area contributed by atoms with E-state index < -0.39 is 5.97 Å². The molecule has 4 rings (SSSR count). The predicted molar refractivity (Wildman–Crippen MR) is 132 cm³/mol. The number of hydrogen-bond donors (Lipinski definition) is 2. The van der Waals surface area contributed by atoms with Crippen molar-refractivity contribution in [3.63, 3.8) is 0 Å². The molecule has 2 aromatic heterocycles. The van der Waals surface area contributed by atoms with Gasteiger partial charge in [-0.1, -0.05) is 36.7 Å². The lowest BCUT2D eigenvalue weighted by Gasteiger charge is -2.33. The first-order valence-corrected chi connectivity index (χ1v) is 11.3. The third-order valence-electron chi connectivity index (χ3n) is 5.82. The van der Waals surface area contributed by atoms with Gasteiger partial charge < -0.3 is 15.3 Å². The molecule has 0 atom stereocenters. The van der Waals surface area contributed by atoms with Crippen LogP contribution in [-0.2, 0) is 4.79 Å². The quantitative estimate of drug-likeness (QED) is 0.482. The first-order chi connectivity index (χ1) is 15.9. The molecule has 3 aromatic rings. The van der Waals surface area contributed by atoms with Crippen molar-refractivity contribution < 1.29 is 9.90 Å². The van der Waals surface area contributed by atoms with Gasteiger partial charge in [-0.3, -0.25) is 14.7 Å². The fourth-order valence-electron chi connectivity index (χ4n) is 3.80. The number of piperazine rings is 1. The lowest BCUT2D eigenvalue weighted by atomic mass is 10.0. The summed E-state index contributed by atoms with van der Waals surface area (Å²) >= 11 is 6.45. The van der Waals surface area contributed by atoms with Gasteiger partial charge in [0.1, 0.15) is 0 Å². The minimum absolute atomic E-state index is 0.0673. The lowest BCUT2D eigenvalue weighted by Crippen LogP contribution is -2.48. The van der Waals surface area contributed by atoms with Crippen LogP contribution < -0.4 is 10.2 Å². The second kappa shape index (κ2) is 10.1. The second-order valence-corrected chi connectivity index (χ2v) is 8.51. The number of aliphatic carboxylic acids is 1. The number of halogens is 1. The molecule has 33 heavy (non-hydrogen) atoms. The molecule has 0 amide bonds. The summed E-state index contributed by atoms with van der Waals surface area (Å²) in [7, 11) is 0. The van der Waals surface area contributed by atoms with Crippen LogP contribution in [0.1, 0.15) is 13.3 Å². The van der Waals surface area contributed by atoms with Crippen molar-refractivity contribution in [2.75, 3.05) is 49.5 Å². The molecule has 9 heteroatoms. The third kappa shape index (κ3) is 5.40. The van der Waals surface area contributed by atoms with Gasteiger partial charge in [-0.25, -0.2) is 9.97 Å². The highest BCUT2D eigenvalue weighted by atomic mass is 35.5. The summed E-state index contributed by atoms with van der Waals surface area (Å²) in [4.78, 5) is 28.5. The van der Waals surface area contributed by atoms with Gasteiger partial charge in [-0.15, -0.1) is 0 Å². The largest absolute Gasteiger partial charge is 0.480 e. The molecule has 3 heterocycles. The van der Waals surface area contributed by atoms with E-state index in [1.165, 1.54) is 0 Å². The van der Waals surface area contributed by atoms with Crippen LogP contribution in [0.25, 0.3) is 22.0 Å². The molecule has 8 nitrogen and oxygen atoms in total. The Balaban J connectivity index is 1.53. The molecule has 172 valence electrons. The number of carbonyl (C=O) groups is 1. The monoisotopic (exact) mass is 466 g/mol. The van der Waals surface area contributed by atoms with Crippen molar-refractivity contribution in [2.24, 2.45) is 0 Å². The second-order valence-electron chi connectivity index (χ2n) is 8.10. The Hall–Kier alpha value is -3.23. The molecular weight excluding hydrogens is 440 g/mol. The molecule has 2 N–H and O–H groups in total. The van der Waals surface area contributed by atoms with Gasteiger partial charge in [0.15, 0.2) is 0 Å². The third-order valence-corrected chi connectivity index (χ3v) is 6.11. The number of benzene rings is 1. The molecular formula is C24H27ClN6O2. The Morgan fingerprint density at radius 1 is 1.12 bits per heavy atom. The van der Waals surface area contributed by atoms with Crippen molar-refractivity contribution in [2.45, 2.75) is 13.3 Å². The molecule has 1 saturated heterocycles. The van der Waals surface area contributed by atoms with E-state index >= 15 is 0 Å². The van der Waals surface area contributed by atoms with Gasteiger partial charge >= 0.3 is 5.97 Å². The number of pyridine rings is 1. The van der Waals surface area contributed by atoms with Gasteiger partial charge in [0.25, 0.3) is 0 Å². The lowest BCUT2D eigenvalue weighted by molar-refractivity contribution is -0.138. The SMILES string of the molecule is C=C(CC)CNc1c(Cl)cnc2ccc(-c3cnc(N4CCN(CC(=O)O)CC4)nc3)cc12. The van der Waals surface area contributed by atoms with Gasteiger partial charge in [-0.2, -0.15) is 0 Å². The fraction of sp³-hybridized carbons (Fsp3) is 0.333. The van der Waals surface area contributed by atoms with Crippen LogP contribution in [0.3, 0.4) is 0 Å². The number of anilines is 2. The molecule has 0 aliphatic carbocycles. The standard InChI is InChI=1S/C24H27ClN6O2/c1-3-16(2)11-27-23-19-10-17(4-5-21(19)26-14-20(23)25)18-12-28-24(29-13-18)31-8-6-30(7-9-31)15-22(32)33/h4-5,10,12-14H,2-3,6-9,11,15H2,1H3,(H,26,27)(H,32,33). The highest BCUT2D eigenvalue weighted by Crippen LogP contribution is 2.33. The maximum atomic E-state index is 10.9. The molecule has 0 unspecified atom stereocenters. The zero-order chi connectivity index (χ0) is 23.4. The van der Waals surface area contributed by atoms with Gasteiger partial charge in [0, 0.05) is 62.3 Å². The first kappa shape index (κ1) is 22.9. The van der Waals surface area contributed by atoms with E-state index in [-0.39, 0.29) is 6.54 Å². The number of hydrogen-bond acceptors (Lipinski definition) is 7. The van der Waals surface area contributed by atoms with Crippen molar-refractivity contribution >= 4 is 40.1 Å². The highest BCUT2D eigenvalue weighted by molar-refractivity contribution is 6.34. The van der Waals surface area contributed by atoms with Crippen molar-refractivity contribution in [1.82, 2.24) is 19.9 Å². The van der Waals surface area contributed by atoms with Crippen LogP contribution in [0.4, 0.5) is 11.6 Å². The molecule has 1 aromatic carbocycles. The number of aromatic nitrogens is 3. The Labute approximate surface area is 197 Å². The predicted octanol–water partition coefficient (Wildman–Crippen LogP) is 3.93. The van der Waals surface area contributed by atoms with Crippen molar-refractivity contribution in [3.8, 4) is 11.1 Å². The average Bonchev–Trinajstić information content (AvgIpc) is 2.83. The molecule has 1 aliphatic heterocycles. The average molecular weight is 467 g/mol. The van der Waals surface area contributed by atoms with Crippen LogP contribution in [0.15, 0.2) is 48.9 Å². The number of nitrogens with zero attached hydrogens (tertiary/aromatic N) is 5. The summed E-state index contributed by atoms with van der Waals surface area (Å²) in [6, 6.07) is 6.02. The van der Waals surface area contributed by atoms with Gasteiger partial charge in [0.2, 0.25) is 5.95 Å². The number of fused-ring (bicyclic) bond motifs is 1. The number of rotatable bonds is 8. The summed E-state index contributed by atoms with van der Waals surface area (Å²) in [5, 5.41) is 13.9. The maximum Gasteiger partial charge on any atom is 0.317 e. The fourth-order valence-corrected chi connectivity index (χ4v) is 4.01. The number of nitrogens with one attached hydrogen (secondary N) is 1. The van der Waals surface area contributed by atoms with Crippen LogP contribution in [0.2, 0.25) is 5.02 Å². The van der Waals surface area contributed by atoms with Gasteiger partial charge in [0.05, 0.1) is 22.8 Å². The summed E-state index contributed by atoms with van der Waals surface area (Å²) in [6.07, 6.45) is 6.19. The number of carboxylic acids is 1. The smallest absolute Gasteiger partial charge is 0.317 e. The topological polar surface area (TPSA) is 94.5 Å². The minimum Gasteiger partial charge on any atom is -0.480 e. The Morgan fingerprint density at radius 2 is 1.85 bits per heavy atom. The van der Waals surface area contributed by atoms with E-state index in [1.54, 1.807) is 6.20 Å². The molecule has 0 saturated carbocycles. The van der Waals surface area contributed by atoms with Crippen LogP contribution in [0, 0.1) is 0 Å². The van der Waals surface area contributed by atoms with E-state index in [0.29, 0.717) is 43.7 Å². The summed E-state index contributed by atoms with van der Waals surface area (Å²) < 4.78 is 0. The summed E-state index contributed by atoms with van der Waals surface area (Å²) in [5.74, 6) is -0.149. The Morgan fingerprint density at radius 3 is 2.52 bits per heavy atom. The highest BCUT2D eigenvalue weighted by Gasteiger charge is 2.20. The molecule has 1 aliphatic rings. The van der Waals surface area contributed by atoms with Crippen LogP contribution in [0.5, 0.6) is 0 Å². The zero-order valence-corrected chi connectivity index (χ0v) is 19.3. The maximum absolute atomic E-state index is 10.9. The van der Waals surface area contributed by atoms with Crippen molar-refractivity contribution in [1.29, 1.82) is 0 Å². The van der Waals surface area contributed by atoms with E-state index in [1.807, 2.05) is 35.5 Å². The molecule has 0 bridgehead atoms. The zero-order valence-electron chi connectivity index (χ0n) is 18.6.